The molecule has 0 unspecified atom stereocenters. The molecule has 1 aromatic carbocycles. The number of hydrogen-bond acceptors (Lipinski definition) is 3. The molecular formula is C13H11Cl3N2O. The number of nitrogens with zero attached hydrogens (tertiary/aromatic N) is 1. The van der Waals surface area contributed by atoms with Crippen LogP contribution in [0.3, 0.4) is 0 Å². The maximum atomic E-state index is 6.05. The van der Waals surface area contributed by atoms with E-state index < -0.39 is 0 Å². The van der Waals surface area contributed by atoms with Gasteiger partial charge in [0.2, 0.25) is 0 Å². The van der Waals surface area contributed by atoms with Crippen LogP contribution in [0.4, 0.5) is 0 Å². The van der Waals surface area contributed by atoms with Crippen LogP contribution in [0, 0.1) is 0 Å². The predicted molar refractivity (Wildman–Crippen MR) is 78.5 cm³/mol. The van der Waals surface area contributed by atoms with E-state index >= 15 is 0 Å². The molecule has 0 radical (unpaired) electrons. The molecular weight excluding hydrogens is 307 g/mol. The lowest BCUT2D eigenvalue weighted by Crippen LogP contribution is -2.05. The number of pyridine rings is 1. The minimum absolute atomic E-state index is 0.389. The van der Waals surface area contributed by atoms with Gasteiger partial charge in [-0.2, -0.15) is 0 Å². The van der Waals surface area contributed by atoms with E-state index in [1.807, 2.05) is 13.1 Å². The zero-order chi connectivity index (χ0) is 13.8. The standard InChI is InChI=1S/C13H11Cl3N2O/c1-17-5-8-2-9(7-18-6-8)19-13-4-11(15)10(14)3-12(13)16/h2-4,6-7,17H,5H2,1H3. The van der Waals surface area contributed by atoms with Crippen molar-refractivity contribution in [2.24, 2.45) is 0 Å². The first kappa shape index (κ1) is 14.4. The van der Waals surface area contributed by atoms with Crippen LogP contribution in [0.15, 0.2) is 30.6 Å². The van der Waals surface area contributed by atoms with Gasteiger partial charge < -0.3 is 10.1 Å². The van der Waals surface area contributed by atoms with E-state index in [9.17, 15) is 0 Å². The van der Waals surface area contributed by atoms with Crippen LogP contribution in [0.5, 0.6) is 11.5 Å². The number of halogens is 3. The summed E-state index contributed by atoms with van der Waals surface area (Å²) in [7, 11) is 1.86. The van der Waals surface area contributed by atoms with Crippen molar-refractivity contribution in [2.75, 3.05) is 7.05 Å². The van der Waals surface area contributed by atoms with Crippen molar-refractivity contribution in [3.63, 3.8) is 0 Å². The number of ether oxygens (including phenoxy) is 1. The Balaban J connectivity index is 2.25. The Kier molecular flexibility index (Phi) is 4.88. The monoisotopic (exact) mass is 316 g/mol. The van der Waals surface area contributed by atoms with E-state index in [0.717, 1.165) is 5.56 Å². The Hall–Kier alpha value is -1.000. The molecule has 1 aromatic heterocycles. The molecule has 0 bridgehead atoms. The van der Waals surface area contributed by atoms with Crippen molar-refractivity contribution >= 4 is 34.8 Å². The molecule has 0 spiro atoms. The van der Waals surface area contributed by atoms with E-state index in [0.29, 0.717) is 33.1 Å². The molecule has 0 aliphatic carbocycles. The van der Waals surface area contributed by atoms with Crippen molar-refractivity contribution in [3.05, 3.63) is 51.2 Å². The second-order valence-electron chi connectivity index (χ2n) is 3.86. The lowest BCUT2D eigenvalue weighted by atomic mass is 10.3. The molecule has 0 aliphatic rings. The molecule has 6 heteroatoms. The molecule has 0 amide bonds. The molecule has 0 atom stereocenters. The molecule has 1 heterocycles. The molecule has 2 aromatic rings. The summed E-state index contributed by atoms with van der Waals surface area (Å²) >= 11 is 17.9. The third-order valence-corrected chi connectivity index (χ3v) is 3.37. The first-order valence-corrected chi connectivity index (χ1v) is 6.64. The minimum atomic E-state index is 0.389. The molecule has 100 valence electrons. The average molecular weight is 318 g/mol. The predicted octanol–water partition coefficient (Wildman–Crippen LogP) is 4.55. The zero-order valence-corrected chi connectivity index (χ0v) is 12.4. The van der Waals surface area contributed by atoms with E-state index in [-0.39, 0.29) is 0 Å². The van der Waals surface area contributed by atoms with E-state index in [1.165, 1.54) is 0 Å². The van der Waals surface area contributed by atoms with Gasteiger partial charge in [0.15, 0.2) is 0 Å². The van der Waals surface area contributed by atoms with E-state index in [2.05, 4.69) is 10.3 Å². The Labute approximate surface area is 126 Å². The van der Waals surface area contributed by atoms with Gasteiger partial charge in [-0.25, -0.2) is 0 Å². The van der Waals surface area contributed by atoms with Gasteiger partial charge in [0.1, 0.15) is 11.5 Å². The van der Waals surface area contributed by atoms with Gasteiger partial charge in [-0.15, -0.1) is 0 Å². The number of nitrogens with one attached hydrogen (secondary N) is 1. The molecule has 19 heavy (non-hydrogen) atoms. The highest BCUT2D eigenvalue weighted by molar-refractivity contribution is 6.43. The largest absolute Gasteiger partial charge is 0.454 e. The van der Waals surface area contributed by atoms with Crippen LogP contribution >= 0.6 is 34.8 Å². The summed E-state index contributed by atoms with van der Waals surface area (Å²) in [5.41, 5.74) is 1.01. The first-order chi connectivity index (χ1) is 9.10. The molecule has 0 fully saturated rings. The number of benzene rings is 1. The lowest BCUT2D eigenvalue weighted by Gasteiger charge is -2.09. The maximum absolute atomic E-state index is 6.05. The second kappa shape index (κ2) is 6.44. The van der Waals surface area contributed by atoms with E-state index in [1.54, 1.807) is 24.5 Å². The lowest BCUT2D eigenvalue weighted by molar-refractivity contribution is 0.479. The highest BCUT2D eigenvalue weighted by Gasteiger charge is 2.08. The normalized spacial score (nSPS) is 10.5. The van der Waals surface area contributed by atoms with E-state index in [4.69, 9.17) is 39.5 Å². The summed E-state index contributed by atoms with van der Waals surface area (Å²) in [5.74, 6) is 1.03. The molecule has 2 rings (SSSR count). The summed E-state index contributed by atoms with van der Waals surface area (Å²) < 4.78 is 5.67. The van der Waals surface area contributed by atoms with Crippen LogP contribution in [-0.2, 0) is 6.54 Å². The summed E-state index contributed by atoms with van der Waals surface area (Å²) in [6.45, 7) is 0.708. The summed E-state index contributed by atoms with van der Waals surface area (Å²) in [5, 5.41) is 4.22. The SMILES string of the molecule is CNCc1cncc(Oc2cc(Cl)c(Cl)cc2Cl)c1. The van der Waals surface area contributed by atoms with Crippen LogP contribution in [0.1, 0.15) is 5.56 Å². The molecule has 0 aliphatic heterocycles. The summed E-state index contributed by atoms with van der Waals surface area (Å²) in [6.07, 6.45) is 3.37. The minimum Gasteiger partial charge on any atom is -0.454 e. The summed E-state index contributed by atoms with van der Waals surface area (Å²) in [4.78, 5) is 4.10. The Morgan fingerprint density at radius 3 is 2.53 bits per heavy atom. The van der Waals surface area contributed by atoms with Gasteiger partial charge >= 0.3 is 0 Å². The fourth-order valence-corrected chi connectivity index (χ4v) is 2.11. The van der Waals surface area contributed by atoms with Crippen LogP contribution in [-0.4, -0.2) is 12.0 Å². The fraction of sp³-hybridized carbons (Fsp3) is 0.154. The third kappa shape index (κ3) is 3.74. The van der Waals surface area contributed by atoms with Crippen LogP contribution < -0.4 is 10.1 Å². The van der Waals surface area contributed by atoms with Gasteiger partial charge in [-0.05, 0) is 24.7 Å². The Bertz CT molecular complexity index is 590. The van der Waals surface area contributed by atoms with Gasteiger partial charge in [0, 0.05) is 18.8 Å². The molecule has 0 saturated heterocycles. The highest BCUT2D eigenvalue weighted by atomic mass is 35.5. The van der Waals surface area contributed by atoms with Crippen LogP contribution in [0.2, 0.25) is 15.1 Å². The maximum Gasteiger partial charge on any atom is 0.147 e. The second-order valence-corrected chi connectivity index (χ2v) is 5.08. The molecule has 3 nitrogen and oxygen atoms in total. The Morgan fingerprint density at radius 1 is 1.05 bits per heavy atom. The summed E-state index contributed by atoms with van der Waals surface area (Å²) in [6, 6.07) is 5.00. The number of aromatic nitrogens is 1. The number of rotatable bonds is 4. The third-order valence-electron chi connectivity index (χ3n) is 2.35. The van der Waals surface area contributed by atoms with Gasteiger partial charge in [-0.3, -0.25) is 4.98 Å². The topological polar surface area (TPSA) is 34.2 Å². The van der Waals surface area contributed by atoms with Crippen molar-refractivity contribution < 1.29 is 4.74 Å². The van der Waals surface area contributed by atoms with Crippen molar-refractivity contribution in [3.8, 4) is 11.5 Å². The quantitative estimate of drug-likeness (QED) is 0.840. The number of hydrogen-bond donors (Lipinski definition) is 1. The van der Waals surface area contributed by atoms with Crippen molar-refractivity contribution in [1.82, 2.24) is 10.3 Å². The molecule has 0 saturated carbocycles. The first-order valence-electron chi connectivity index (χ1n) is 5.51. The zero-order valence-electron chi connectivity index (χ0n) is 10.1. The van der Waals surface area contributed by atoms with Gasteiger partial charge in [0.25, 0.3) is 0 Å². The van der Waals surface area contributed by atoms with Gasteiger partial charge in [-0.1, -0.05) is 34.8 Å². The highest BCUT2D eigenvalue weighted by Crippen LogP contribution is 2.36. The van der Waals surface area contributed by atoms with Crippen molar-refractivity contribution in [2.45, 2.75) is 6.54 Å². The van der Waals surface area contributed by atoms with Crippen LogP contribution in [0.25, 0.3) is 0 Å². The van der Waals surface area contributed by atoms with Crippen molar-refractivity contribution in [1.29, 1.82) is 0 Å². The molecule has 1 N–H and O–H groups in total. The fourth-order valence-electron chi connectivity index (χ4n) is 1.53. The van der Waals surface area contributed by atoms with Gasteiger partial charge in [0.05, 0.1) is 21.3 Å². The smallest absolute Gasteiger partial charge is 0.147 e. The Morgan fingerprint density at radius 2 is 1.79 bits per heavy atom. The average Bonchev–Trinajstić information content (AvgIpc) is 2.37.